The summed E-state index contributed by atoms with van der Waals surface area (Å²) in [6.07, 6.45) is 2.61. The molecule has 0 amide bonds. The highest BCUT2D eigenvalue weighted by molar-refractivity contribution is 8.03. The van der Waals surface area contributed by atoms with Crippen molar-refractivity contribution in [1.82, 2.24) is 0 Å². The zero-order chi connectivity index (χ0) is 16.3. The first-order valence-electron chi connectivity index (χ1n) is 6.67. The van der Waals surface area contributed by atoms with E-state index in [-0.39, 0.29) is 6.61 Å². The van der Waals surface area contributed by atoms with Crippen LogP contribution in [0.4, 0.5) is 0 Å². The summed E-state index contributed by atoms with van der Waals surface area (Å²) in [7, 11) is -1.59. The summed E-state index contributed by atoms with van der Waals surface area (Å²) in [4.78, 5) is 10.2. The van der Waals surface area contributed by atoms with Gasteiger partial charge in [-0.1, -0.05) is 30.0 Å². The fourth-order valence-electron chi connectivity index (χ4n) is 1.19. The van der Waals surface area contributed by atoms with Gasteiger partial charge in [0, 0.05) is 18.4 Å². The summed E-state index contributed by atoms with van der Waals surface area (Å²) in [5.41, 5.74) is 0. The molecule has 0 saturated heterocycles. The summed E-state index contributed by atoms with van der Waals surface area (Å²) in [5, 5.41) is 17.2. The maximum absolute atomic E-state index is 9.00. The van der Waals surface area contributed by atoms with Gasteiger partial charge in [0.05, 0.1) is 0 Å². The van der Waals surface area contributed by atoms with Gasteiger partial charge in [0.1, 0.15) is 5.09 Å². The highest BCUT2D eigenvalue weighted by Gasteiger charge is 2.18. The quantitative estimate of drug-likeness (QED) is 0.470. The minimum atomic E-state index is -1.59. The molecule has 0 aliphatic carbocycles. The highest BCUT2D eigenvalue weighted by atomic mass is 32.2. The predicted octanol–water partition coefficient (Wildman–Crippen LogP) is 3.94. The molecule has 0 radical (unpaired) electrons. The molecule has 6 heteroatoms. The van der Waals surface area contributed by atoms with E-state index < -0.39 is 14.3 Å². The number of aliphatic hydroxyl groups is 1. The Bertz CT molecular complexity index is 437. The van der Waals surface area contributed by atoms with Crippen LogP contribution in [-0.4, -0.2) is 31.1 Å². The van der Waals surface area contributed by atoms with Crippen LogP contribution >= 0.6 is 11.8 Å². The normalized spacial score (nSPS) is 11.4. The second-order valence-electron chi connectivity index (χ2n) is 5.18. The van der Waals surface area contributed by atoms with E-state index in [1.807, 2.05) is 24.3 Å². The first-order valence-corrected chi connectivity index (χ1v) is 10.9. The summed E-state index contributed by atoms with van der Waals surface area (Å²) >= 11 is 1.62. The number of hydrogen-bond donors (Lipinski definition) is 2. The molecule has 1 rings (SSSR count). The summed E-state index contributed by atoms with van der Waals surface area (Å²) in [5.74, 6) is -0.833. The van der Waals surface area contributed by atoms with Crippen LogP contribution in [0.2, 0.25) is 19.6 Å². The van der Waals surface area contributed by atoms with Crippen molar-refractivity contribution in [1.29, 1.82) is 0 Å². The molecule has 0 aliphatic heterocycles. The van der Waals surface area contributed by atoms with Gasteiger partial charge in [-0.2, -0.15) is 0 Å². The lowest BCUT2D eigenvalue weighted by Gasteiger charge is -2.21. The molecule has 0 bridgehead atoms. The lowest BCUT2D eigenvalue weighted by Crippen LogP contribution is -2.24. The number of carboxylic acid groups (broad SMARTS) is 1. The Labute approximate surface area is 132 Å². The first kappa shape index (κ1) is 19.8. The summed E-state index contributed by atoms with van der Waals surface area (Å²) in [6.45, 7) is 7.72. The van der Waals surface area contributed by atoms with Gasteiger partial charge in [-0.15, -0.1) is 0 Å². The standard InChI is InChI=1S/C13H20O2SSi.C2H4O2/c1-17(2,3)15-13(10-7-11-14)16-12-8-5-4-6-9-12;1-2(3)4/h4-6,8-10,14H,7,11H2,1-3H3;1H3,(H,3,4). The fourth-order valence-corrected chi connectivity index (χ4v) is 3.52. The lowest BCUT2D eigenvalue weighted by atomic mass is 10.4. The van der Waals surface area contributed by atoms with Crippen LogP contribution in [0.5, 0.6) is 0 Å². The molecule has 118 valence electrons. The zero-order valence-electron chi connectivity index (χ0n) is 13.0. The van der Waals surface area contributed by atoms with Gasteiger partial charge in [0.25, 0.3) is 5.97 Å². The van der Waals surface area contributed by atoms with Gasteiger partial charge in [-0.25, -0.2) is 0 Å². The third-order valence-electron chi connectivity index (χ3n) is 1.81. The number of thioether (sulfide) groups is 1. The second kappa shape index (κ2) is 10.5. The third kappa shape index (κ3) is 13.5. The van der Waals surface area contributed by atoms with Crippen molar-refractivity contribution < 1.29 is 19.4 Å². The van der Waals surface area contributed by atoms with Crippen molar-refractivity contribution in [3.8, 4) is 0 Å². The number of benzene rings is 1. The molecule has 21 heavy (non-hydrogen) atoms. The Hall–Kier alpha value is -1.24. The molecule has 1 aromatic carbocycles. The number of carboxylic acids is 1. The van der Waals surface area contributed by atoms with E-state index in [2.05, 4.69) is 31.8 Å². The van der Waals surface area contributed by atoms with E-state index in [1.165, 1.54) is 0 Å². The Morgan fingerprint density at radius 1 is 1.29 bits per heavy atom. The van der Waals surface area contributed by atoms with Crippen LogP contribution in [0.25, 0.3) is 0 Å². The Kier molecular flexibility index (Phi) is 9.86. The van der Waals surface area contributed by atoms with E-state index in [9.17, 15) is 0 Å². The van der Waals surface area contributed by atoms with Crippen molar-refractivity contribution in [2.45, 2.75) is 37.9 Å². The number of carbonyl (C=O) groups is 1. The van der Waals surface area contributed by atoms with E-state index in [4.69, 9.17) is 19.4 Å². The van der Waals surface area contributed by atoms with Crippen molar-refractivity contribution in [3.63, 3.8) is 0 Å². The largest absolute Gasteiger partial charge is 0.540 e. The minimum absolute atomic E-state index is 0.161. The zero-order valence-corrected chi connectivity index (χ0v) is 14.8. The molecule has 0 heterocycles. The molecule has 4 nitrogen and oxygen atoms in total. The smallest absolute Gasteiger partial charge is 0.300 e. The van der Waals surface area contributed by atoms with Crippen LogP contribution in [0.1, 0.15) is 13.3 Å². The number of aliphatic hydroxyl groups excluding tert-OH is 1. The van der Waals surface area contributed by atoms with Crippen molar-refractivity contribution in [3.05, 3.63) is 41.5 Å². The van der Waals surface area contributed by atoms with Crippen LogP contribution in [0, 0.1) is 0 Å². The Morgan fingerprint density at radius 3 is 2.24 bits per heavy atom. The average molecular weight is 329 g/mol. The average Bonchev–Trinajstić information content (AvgIpc) is 2.35. The maximum Gasteiger partial charge on any atom is 0.300 e. The molecular weight excluding hydrogens is 304 g/mol. The van der Waals surface area contributed by atoms with Crippen molar-refractivity contribution in [2.24, 2.45) is 0 Å². The summed E-state index contributed by atoms with van der Waals surface area (Å²) in [6, 6.07) is 10.2. The van der Waals surface area contributed by atoms with Crippen molar-refractivity contribution in [2.75, 3.05) is 6.61 Å². The van der Waals surface area contributed by atoms with E-state index >= 15 is 0 Å². The van der Waals surface area contributed by atoms with Gasteiger partial charge in [0.15, 0.2) is 0 Å². The van der Waals surface area contributed by atoms with Gasteiger partial charge in [-0.3, -0.25) is 4.79 Å². The van der Waals surface area contributed by atoms with Crippen LogP contribution in [-0.2, 0) is 9.22 Å². The molecule has 0 aromatic heterocycles. The topological polar surface area (TPSA) is 66.8 Å². The summed E-state index contributed by atoms with van der Waals surface area (Å²) < 4.78 is 6.00. The molecule has 1 aromatic rings. The third-order valence-corrected chi connectivity index (χ3v) is 3.75. The van der Waals surface area contributed by atoms with Crippen LogP contribution in [0.15, 0.2) is 46.4 Å². The number of rotatable bonds is 6. The predicted molar refractivity (Wildman–Crippen MR) is 89.8 cm³/mol. The monoisotopic (exact) mass is 328 g/mol. The molecule has 0 aliphatic rings. The second-order valence-corrected chi connectivity index (χ2v) is 10.7. The molecule has 0 saturated carbocycles. The van der Waals surface area contributed by atoms with E-state index in [1.54, 1.807) is 11.8 Å². The van der Waals surface area contributed by atoms with E-state index in [0.29, 0.717) is 6.42 Å². The highest BCUT2D eigenvalue weighted by Crippen LogP contribution is 2.29. The van der Waals surface area contributed by atoms with Gasteiger partial charge in [-0.05, 0) is 44.3 Å². The van der Waals surface area contributed by atoms with Gasteiger partial charge >= 0.3 is 0 Å². The minimum Gasteiger partial charge on any atom is -0.540 e. The maximum atomic E-state index is 9.00. The molecule has 2 N–H and O–H groups in total. The van der Waals surface area contributed by atoms with Gasteiger partial charge in [0.2, 0.25) is 8.32 Å². The SMILES string of the molecule is CC(=O)O.C[Si](C)(C)OC(=CCCO)Sc1ccccc1. The molecule has 0 atom stereocenters. The van der Waals surface area contributed by atoms with Crippen LogP contribution < -0.4 is 0 Å². The number of hydrogen-bond acceptors (Lipinski definition) is 4. The number of aliphatic carboxylic acids is 1. The van der Waals surface area contributed by atoms with Gasteiger partial charge < -0.3 is 14.6 Å². The molecule has 0 fully saturated rings. The van der Waals surface area contributed by atoms with Crippen LogP contribution in [0.3, 0.4) is 0 Å². The van der Waals surface area contributed by atoms with Crippen molar-refractivity contribution >= 4 is 26.0 Å². The fraction of sp³-hybridized carbons (Fsp3) is 0.400. The molecule has 0 spiro atoms. The first-order chi connectivity index (χ1) is 9.74. The van der Waals surface area contributed by atoms with E-state index in [0.717, 1.165) is 16.9 Å². The lowest BCUT2D eigenvalue weighted by molar-refractivity contribution is -0.134. The Balaban J connectivity index is 0.000000885. The molecule has 0 unspecified atom stereocenters. The Morgan fingerprint density at radius 2 is 1.81 bits per heavy atom. The molecular formula is C15H24O4SSi.